The van der Waals surface area contributed by atoms with Gasteiger partial charge in [-0.1, -0.05) is 0 Å². The Labute approximate surface area is 95.6 Å². The standard InChI is InChI=1S/C9H13F3N2O3/c10-9(11,12)5-13-3-7(15)14(4-8(16)17)6-1-2-6/h6,13H,1-5H2,(H,16,17). The van der Waals surface area contributed by atoms with E-state index in [1.165, 1.54) is 0 Å². The molecule has 0 saturated heterocycles. The van der Waals surface area contributed by atoms with Gasteiger partial charge in [0.05, 0.1) is 13.1 Å². The second-order valence-corrected chi connectivity index (χ2v) is 3.87. The third kappa shape index (κ3) is 5.53. The fraction of sp³-hybridized carbons (Fsp3) is 0.778. The number of amides is 1. The number of carbonyl (C=O) groups excluding carboxylic acids is 1. The van der Waals surface area contributed by atoms with Crippen molar-refractivity contribution in [2.45, 2.75) is 25.1 Å². The summed E-state index contributed by atoms with van der Waals surface area (Å²) < 4.78 is 35.4. The lowest BCUT2D eigenvalue weighted by molar-refractivity contribution is -0.145. The first kappa shape index (κ1) is 13.8. The zero-order valence-electron chi connectivity index (χ0n) is 8.96. The van der Waals surface area contributed by atoms with Crippen molar-refractivity contribution in [2.24, 2.45) is 0 Å². The molecule has 2 N–H and O–H groups in total. The molecule has 0 aromatic heterocycles. The molecule has 1 aliphatic rings. The van der Waals surface area contributed by atoms with Crippen LogP contribution in [0.25, 0.3) is 0 Å². The molecule has 1 saturated carbocycles. The van der Waals surface area contributed by atoms with Gasteiger partial charge in [-0.15, -0.1) is 0 Å². The van der Waals surface area contributed by atoms with E-state index in [0.29, 0.717) is 12.8 Å². The predicted molar refractivity (Wildman–Crippen MR) is 51.3 cm³/mol. The van der Waals surface area contributed by atoms with Crippen LogP contribution in [-0.2, 0) is 9.59 Å². The molecule has 1 amide bonds. The first-order valence-electron chi connectivity index (χ1n) is 5.08. The summed E-state index contributed by atoms with van der Waals surface area (Å²) in [6.07, 6.45) is -2.96. The highest BCUT2D eigenvalue weighted by atomic mass is 19.4. The predicted octanol–water partition coefficient (Wildman–Crippen LogP) is 0.214. The SMILES string of the molecule is O=C(O)CN(C(=O)CNCC(F)(F)F)C1CC1. The van der Waals surface area contributed by atoms with E-state index < -0.39 is 37.7 Å². The molecule has 17 heavy (non-hydrogen) atoms. The van der Waals surface area contributed by atoms with E-state index in [1.807, 2.05) is 5.32 Å². The number of alkyl halides is 3. The summed E-state index contributed by atoms with van der Waals surface area (Å²) in [5.74, 6) is -1.78. The molecular formula is C9H13F3N2O3. The van der Waals surface area contributed by atoms with Gasteiger partial charge in [0.2, 0.25) is 5.91 Å². The molecular weight excluding hydrogens is 241 g/mol. The topological polar surface area (TPSA) is 69.6 Å². The molecule has 1 rings (SSSR count). The molecule has 0 aliphatic heterocycles. The average Bonchev–Trinajstić information content (AvgIpc) is 2.94. The minimum absolute atomic E-state index is 0.133. The molecule has 0 spiro atoms. The Bertz CT molecular complexity index is 302. The second-order valence-electron chi connectivity index (χ2n) is 3.87. The zero-order chi connectivity index (χ0) is 13.1. The molecule has 1 aliphatic carbocycles. The van der Waals surface area contributed by atoms with E-state index in [2.05, 4.69) is 0 Å². The number of hydrogen-bond acceptors (Lipinski definition) is 3. The van der Waals surface area contributed by atoms with Crippen LogP contribution >= 0.6 is 0 Å². The molecule has 0 heterocycles. The van der Waals surface area contributed by atoms with Crippen molar-refractivity contribution in [1.29, 1.82) is 0 Å². The maximum absolute atomic E-state index is 11.8. The first-order valence-corrected chi connectivity index (χ1v) is 5.08. The summed E-state index contributed by atoms with van der Waals surface area (Å²) in [5, 5.41) is 10.5. The van der Waals surface area contributed by atoms with Gasteiger partial charge in [0, 0.05) is 6.04 Å². The number of halogens is 3. The highest BCUT2D eigenvalue weighted by Gasteiger charge is 2.34. The van der Waals surface area contributed by atoms with Gasteiger partial charge in [0.1, 0.15) is 6.54 Å². The number of carbonyl (C=O) groups is 2. The number of carboxylic acids is 1. The van der Waals surface area contributed by atoms with E-state index in [1.54, 1.807) is 0 Å². The van der Waals surface area contributed by atoms with E-state index in [-0.39, 0.29) is 6.04 Å². The Morgan fingerprint density at radius 1 is 1.35 bits per heavy atom. The van der Waals surface area contributed by atoms with Gasteiger partial charge in [0.15, 0.2) is 0 Å². The molecule has 0 atom stereocenters. The Morgan fingerprint density at radius 2 is 1.94 bits per heavy atom. The fourth-order valence-electron chi connectivity index (χ4n) is 1.37. The van der Waals surface area contributed by atoms with Crippen LogP contribution in [0, 0.1) is 0 Å². The number of nitrogens with one attached hydrogen (secondary N) is 1. The van der Waals surface area contributed by atoms with Gasteiger partial charge in [0.25, 0.3) is 0 Å². The summed E-state index contributed by atoms with van der Waals surface area (Å²) in [6.45, 7) is -2.22. The van der Waals surface area contributed by atoms with E-state index in [4.69, 9.17) is 5.11 Å². The van der Waals surface area contributed by atoms with Crippen molar-refractivity contribution < 1.29 is 27.9 Å². The lowest BCUT2D eigenvalue weighted by Gasteiger charge is -2.20. The minimum atomic E-state index is -4.38. The number of carboxylic acid groups (broad SMARTS) is 1. The maximum Gasteiger partial charge on any atom is 0.401 e. The average molecular weight is 254 g/mol. The van der Waals surface area contributed by atoms with Crippen LogP contribution in [0.2, 0.25) is 0 Å². The highest BCUT2D eigenvalue weighted by Crippen LogP contribution is 2.26. The van der Waals surface area contributed by atoms with E-state index in [9.17, 15) is 22.8 Å². The molecule has 5 nitrogen and oxygen atoms in total. The minimum Gasteiger partial charge on any atom is -0.480 e. The summed E-state index contributed by atoms with van der Waals surface area (Å²) in [5.41, 5.74) is 0. The van der Waals surface area contributed by atoms with Crippen LogP contribution in [0.5, 0.6) is 0 Å². The fourth-order valence-corrected chi connectivity index (χ4v) is 1.37. The third-order valence-electron chi connectivity index (χ3n) is 2.22. The molecule has 0 aromatic carbocycles. The highest BCUT2D eigenvalue weighted by molar-refractivity contribution is 5.83. The largest absolute Gasteiger partial charge is 0.480 e. The molecule has 1 fully saturated rings. The first-order chi connectivity index (χ1) is 7.79. The van der Waals surface area contributed by atoms with Crippen molar-refractivity contribution >= 4 is 11.9 Å². The number of aliphatic carboxylic acids is 1. The third-order valence-corrected chi connectivity index (χ3v) is 2.22. The lowest BCUT2D eigenvalue weighted by atomic mass is 10.4. The molecule has 0 aromatic rings. The van der Waals surface area contributed by atoms with Gasteiger partial charge in [-0.05, 0) is 12.8 Å². The van der Waals surface area contributed by atoms with E-state index in [0.717, 1.165) is 4.90 Å². The summed E-state index contributed by atoms with van der Waals surface area (Å²) >= 11 is 0. The van der Waals surface area contributed by atoms with Crippen LogP contribution < -0.4 is 5.32 Å². The summed E-state index contributed by atoms with van der Waals surface area (Å²) in [6, 6.07) is -0.133. The molecule has 0 bridgehead atoms. The van der Waals surface area contributed by atoms with Gasteiger partial charge in [-0.3, -0.25) is 9.59 Å². The maximum atomic E-state index is 11.8. The van der Waals surface area contributed by atoms with Crippen LogP contribution in [0.3, 0.4) is 0 Å². The van der Waals surface area contributed by atoms with Crippen LogP contribution in [0.4, 0.5) is 13.2 Å². The summed E-state index contributed by atoms with van der Waals surface area (Å²) in [7, 11) is 0. The Balaban J connectivity index is 2.35. The monoisotopic (exact) mass is 254 g/mol. The van der Waals surface area contributed by atoms with Crippen molar-refractivity contribution in [3.05, 3.63) is 0 Å². The zero-order valence-corrected chi connectivity index (χ0v) is 8.96. The normalized spacial score (nSPS) is 15.7. The Kier molecular flexibility index (Phi) is 4.33. The van der Waals surface area contributed by atoms with Crippen LogP contribution in [-0.4, -0.2) is 53.7 Å². The number of rotatable bonds is 6. The van der Waals surface area contributed by atoms with Crippen molar-refractivity contribution in [3.8, 4) is 0 Å². The second kappa shape index (κ2) is 5.35. The number of hydrogen-bond donors (Lipinski definition) is 2. The molecule has 0 unspecified atom stereocenters. The number of nitrogens with zero attached hydrogens (tertiary/aromatic N) is 1. The van der Waals surface area contributed by atoms with Gasteiger partial charge in [-0.2, -0.15) is 13.2 Å². The lowest BCUT2D eigenvalue weighted by Crippen LogP contribution is -2.44. The van der Waals surface area contributed by atoms with Gasteiger partial charge in [-0.25, -0.2) is 0 Å². The van der Waals surface area contributed by atoms with E-state index >= 15 is 0 Å². The molecule has 98 valence electrons. The smallest absolute Gasteiger partial charge is 0.401 e. The van der Waals surface area contributed by atoms with Gasteiger partial charge < -0.3 is 15.3 Å². The Morgan fingerprint density at radius 3 is 2.35 bits per heavy atom. The Hall–Kier alpha value is -1.31. The van der Waals surface area contributed by atoms with Crippen molar-refractivity contribution in [3.63, 3.8) is 0 Å². The molecule has 0 radical (unpaired) electrons. The summed E-state index contributed by atoms with van der Waals surface area (Å²) in [4.78, 5) is 23.1. The van der Waals surface area contributed by atoms with Crippen LogP contribution in [0.1, 0.15) is 12.8 Å². The van der Waals surface area contributed by atoms with Crippen molar-refractivity contribution in [2.75, 3.05) is 19.6 Å². The molecule has 8 heteroatoms. The van der Waals surface area contributed by atoms with Crippen LogP contribution in [0.15, 0.2) is 0 Å². The quantitative estimate of drug-likeness (QED) is 0.711. The van der Waals surface area contributed by atoms with Gasteiger partial charge >= 0.3 is 12.1 Å². The van der Waals surface area contributed by atoms with Crippen molar-refractivity contribution in [1.82, 2.24) is 10.2 Å².